The van der Waals surface area contributed by atoms with Gasteiger partial charge in [0.05, 0.1) is 11.0 Å². The smallest absolute Gasteiger partial charge is 0.167 e. The molecule has 0 radical (unpaired) electrons. The molecule has 2 aromatic heterocycles. The van der Waals surface area contributed by atoms with Crippen LogP contribution >= 0.6 is 0 Å². The van der Waals surface area contributed by atoms with Gasteiger partial charge in [-0.15, -0.1) is 0 Å². The monoisotopic (exact) mass is 330 g/mol. The molecule has 6 heteroatoms. The second kappa shape index (κ2) is 6.24. The minimum atomic E-state index is 0.524. The van der Waals surface area contributed by atoms with Crippen molar-refractivity contribution in [1.82, 2.24) is 19.5 Å². The van der Waals surface area contributed by atoms with Gasteiger partial charge in [-0.25, -0.2) is 15.0 Å². The van der Waals surface area contributed by atoms with Crippen LogP contribution in [0.25, 0.3) is 16.9 Å². The molecule has 4 rings (SSSR count). The van der Waals surface area contributed by atoms with Crippen LogP contribution in [0.5, 0.6) is 0 Å². The summed E-state index contributed by atoms with van der Waals surface area (Å²) >= 11 is 0. The lowest BCUT2D eigenvalue weighted by atomic mass is 10.2. The van der Waals surface area contributed by atoms with Crippen LogP contribution in [-0.4, -0.2) is 26.1 Å². The second-order valence-electron chi connectivity index (χ2n) is 5.62. The minimum Gasteiger partial charge on any atom is -0.393 e. The van der Waals surface area contributed by atoms with E-state index in [1.54, 1.807) is 12.7 Å². The highest BCUT2D eigenvalue weighted by Crippen LogP contribution is 2.31. The van der Waals surface area contributed by atoms with Gasteiger partial charge >= 0.3 is 0 Å². The third-order valence-electron chi connectivity index (χ3n) is 4.16. The number of fused-ring (bicyclic) bond motifs is 1. The van der Waals surface area contributed by atoms with E-state index in [0.717, 1.165) is 23.3 Å². The molecule has 0 saturated carbocycles. The van der Waals surface area contributed by atoms with Crippen molar-refractivity contribution in [3.63, 3.8) is 0 Å². The van der Waals surface area contributed by atoms with E-state index >= 15 is 0 Å². The first-order valence-electron chi connectivity index (χ1n) is 8.15. The van der Waals surface area contributed by atoms with Crippen LogP contribution in [0.2, 0.25) is 0 Å². The molecule has 0 atom stereocenters. The number of anilines is 3. The highest BCUT2D eigenvalue weighted by Gasteiger charge is 2.17. The molecule has 6 nitrogen and oxygen atoms in total. The lowest BCUT2D eigenvalue weighted by Gasteiger charge is -2.24. The number of hydrogen-bond acceptors (Lipinski definition) is 5. The number of rotatable bonds is 4. The van der Waals surface area contributed by atoms with Gasteiger partial charge in [0.2, 0.25) is 0 Å². The molecule has 0 bridgehead atoms. The summed E-state index contributed by atoms with van der Waals surface area (Å²) < 4.78 is 1.90. The minimum absolute atomic E-state index is 0.524. The fourth-order valence-corrected chi connectivity index (χ4v) is 2.97. The van der Waals surface area contributed by atoms with Crippen LogP contribution in [0.1, 0.15) is 6.92 Å². The maximum absolute atomic E-state index is 6.46. The molecule has 0 aliphatic rings. The SMILES string of the molecule is CCN(c1ccccc1)c1ncnc(-n2cnc3ccccc32)c1N. The van der Waals surface area contributed by atoms with Crippen LogP contribution < -0.4 is 10.6 Å². The predicted octanol–water partition coefficient (Wildman–Crippen LogP) is 3.56. The molecule has 0 spiro atoms. The molecule has 0 fully saturated rings. The van der Waals surface area contributed by atoms with E-state index in [-0.39, 0.29) is 0 Å². The Hall–Kier alpha value is -3.41. The van der Waals surface area contributed by atoms with Crippen LogP contribution in [0.4, 0.5) is 17.2 Å². The molecule has 2 N–H and O–H groups in total. The van der Waals surface area contributed by atoms with Crippen molar-refractivity contribution in [2.75, 3.05) is 17.2 Å². The number of nitrogen functional groups attached to an aromatic ring is 1. The molecule has 2 heterocycles. The average molecular weight is 330 g/mol. The zero-order valence-electron chi connectivity index (χ0n) is 13.9. The standard InChI is InChI=1S/C19H18N6/c1-2-24(14-8-4-3-5-9-14)18-17(20)19(22-12-21-18)25-13-23-15-10-6-7-11-16(15)25/h3-13H,2,20H2,1H3. The summed E-state index contributed by atoms with van der Waals surface area (Å²) in [7, 11) is 0. The third-order valence-corrected chi connectivity index (χ3v) is 4.16. The van der Waals surface area contributed by atoms with Crippen molar-refractivity contribution in [2.24, 2.45) is 0 Å². The van der Waals surface area contributed by atoms with E-state index in [1.165, 1.54) is 0 Å². The summed E-state index contributed by atoms with van der Waals surface area (Å²) in [6.45, 7) is 2.82. The predicted molar refractivity (Wildman–Crippen MR) is 100 cm³/mol. The van der Waals surface area contributed by atoms with Gasteiger partial charge in [0, 0.05) is 12.2 Å². The Morgan fingerprint density at radius 3 is 2.52 bits per heavy atom. The first-order chi connectivity index (χ1) is 12.3. The van der Waals surface area contributed by atoms with Gasteiger partial charge in [-0.05, 0) is 31.2 Å². The highest BCUT2D eigenvalue weighted by atomic mass is 15.2. The van der Waals surface area contributed by atoms with Crippen molar-refractivity contribution in [2.45, 2.75) is 6.92 Å². The number of para-hydroxylation sites is 3. The van der Waals surface area contributed by atoms with Crippen molar-refractivity contribution >= 4 is 28.2 Å². The molecule has 0 amide bonds. The Labute approximate surface area is 145 Å². The Kier molecular flexibility index (Phi) is 3.78. The van der Waals surface area contributed by atoms with Gasteiger partial charge < -0.3 is 10.6 Å². The number of nitrogens with two attached hydrogens (primary N) is 1. The van der Waals surface area contributed by atoms with E-state index < -0.39 is 0 Å². The van der Waals surface area contributed by atoms with Gasteiger partial charge in [-0.3, -0.25) is 4.57 Å². The lowest BCUT2D eigenvalue weighted by Crippen LogP contribution is -2.20. The first kappa shape index (κ1) is 15.1. The lowest BCUT2D eigenvalue weighted by molar-refractivity contribution is 0.950. The van der Waals surface area contributed by atoms with E-state index in [0.29, 0.717) is 17.3 Å². The number of aromatic nitrogens is 4. The summed E-state index contributed by atoms with van der Waals surface area (Å²) in [5.41, 5.74) is 9.89. The van der Waals surface area contributed by atoms with Gasteiger partial charge in [0.1, 0.15) is 18.3 Å². The summed E-state index contributed by atoms with van der Waals surface area (Å²) in [6.07, 6.45) is 3.29. The van der Waals surface area contributed by atoms with Gasteiger partial charge in [0.25, 0.3) is 0 Å². The topological polar surface area (TPSA) is 72.9 Å². The molecule has 2 aromatic carbocycles. The molecular weight excluding hydrogens is 312 g/mol. The second-order valence-corrected chi connectivity index (χ2v) is 5.62. The number of imidazole rings is 1. The zero-order valence-corrected chi connectivity index (χ0v) is 13.9. The largest absolute Gasteiger partial charge is 0.393 e. The Morgan fingerprint density at radius 2 is 1.72 bits per heavy atom. The molecule has 4 aromatic rings. The average Bonchev–Trinajstić information content (AvgIpc) is 3.09. The van der Waals surface area contributed by atoms with E-state index in [2.05, 4.69) is 26.8 Å². The first-order valence-corrected chi connectivity index (χ1v) is 8.15. The molecule has 0 aliphatic carbocycles. The van der Waals surface area contributed by atoms with Crippen molar-refractivity contribution in [3.05, 3.63) is 67.3 Å². The van der Waals surface area contributed by atoms with Crippen molar-refractivity contribution in [1.29, 1.82) is 0 Å². The van der Waals surface area contributed by atoms with Crippen molar-refractivity contribution in [3.8, 4) is 5.82 Å². The van der Waals surface area contributed by atoms with Crippen LogP contribution in [0.3, 0.4) is 0 Å². The Bertz CT molecular complexity index is 1010. The van der Waals surface area contributed by atoms with Crippen LogP contribution in [-0.2, 0) is 0 Å². The van der Waals surface area contributed by atoms with Gasteiger partial charge in [-0.2, -0.15) is 0 Å². The Morgan fingerprint density at radius 1 is 0.960 bits per heavy atom. The quantitative estimate of drug-likeness (QED) is 0.619. The highest BCUT2D eigenvalue weighted by molar-refractivity contribution is 5.81. The number of nitrogens with zero attached hydrogens (tertiary/aromatic N) is 5. The maximum Gasteiger partial charge on any atom is 0.167 e. The normalized spacial score (nSPS) is 10.9. The summed E-state index contributed by atoms with van der Waals surface area (Å²) in [5, 5.41) is 0. The molecule has 124 valence electrons. The fourth-order valence-electron chi connectivity index (χ4n) is 2.97. The maximum atomic E-state index is 6.46. The van der Waals surface area contributed by atoms with Crippen LogP contribution in [0, 0.1) is 0 Å². The number of benzene rings is 2. The fraction of sp³-hybridized carbons (Fsp3) is 0.105. The third kappa shape index (κ3) is 2.57. The molecule has 0 saturated heterocycles. The summed E-state index contributed by atoms with van der Waals surface area (Å²) in [6, 6.07) is 18.0. The Balaban J connectivity index is 1.86. The molecule has 25 heavy (non-hydrogen) atoms. The summed E-state index contributed by atoms with van der Waals surface area (Å²) in [5.74, 6) is 1.32. The van der Waals surface area contributed by atoms with Gasteiger partial charge in [-0.1, -0.05) is 30.3 Å². The van der Waals surface area contributed by atoms with Crippen LogP contribution in [0.15, 0.2) is 67.3 Å². The molecular formula is C19H18N6. The number of hydrogen-bond donors (Lipinski definition) is 1. The molecule has 0 unspecified atom stereocenters. The van der Waals surface area contributed by atoms with E-state index in [1.807, 2.05) is 59.2 Å². The molecule has 0 aliphatic heterocycles. The van der Waals surface area contributed by atoms with E-state index in [4.69, 9.17) is 5.73 Å². The summed E-state index contributed by atoms with van der Waals surface area (Å²) in [4.78, 5) is 15.3. The van der Waals surface area contributed by atoms with Crippen molar-refractivity contribution < 1.29 is 0 Å². The zero-order chi connectivity index (χ0) is 17.2. The van der Waals surface area contributed by atoms with E-state index in [9.17, 15) is 0 Å². The van der Waals surface area contributed by atoms with Gasteiger partial charge in [0.15, 0.2) is 11.6 Å².